The van der Waals surface area contributed by atoms with Crippen molar-refractivity contribution in [3.05, 3.63) is 71.8 Å². The normalized spacial score (nSPS) is 12.7. The molecule has 1 amide bonds. The van der Waals surface area contributed by atoms with Crippen LogP contribution in [-0.4, -0.2) is 28.8 Å². The number of benzene rings is 2. The lowest BCUT2D eigenvalue weighted by Gasteiger charge is -2.30. The standard InChI is InChI=1S/C19H23NO3/c1-2-17(13-14-21)20-18(22)19(23,15-9-5-3-6-10-15)16-11-7-4-8-12-16/h3-12,17,21,23H,2,13-14H2,1H3,(H,20,22). The Labute approximate surface area is 136 Å². The van der Waals surface area contributed by atoms with Crippen molar-refractivity contribution >= 4 is 5.91 Å². The third-order valence-corrected chi connectivity index (χ3v) is 4.02. The number of hydrogen-bond acceptors (Lipinski definition) is 3. The zero-order valence-electron chi connectivity index (χ0n) is 13.3. The third kappa shape index (κ3) is 3.78. The van der Waals surface area contributed by atoms with E-state index in [0.717, 1.165) is 0 Å². The molecular weight excluding hydrogens is 290 g/mol. The number of aliphatic hydroxyl groups is 2. The predicted octanol–water partition coefficient (Wildman–Crippen LogP) is 2.20. The first-order chi connectivity index (χ1) is 11.1. The molecule has 0 radical (unpaired) electrons. The zero-order valence-corrected chi connectivity index (χ0v) is 13.3. The van der Waals surface area contributed by atoms with Crippen LogP contribution >= 0.6 is 0 Å². The molecule has 1 unspecified atom stereocenters. The molecule has 3 N–H and O–H groups in total. The third-order valence-electron chi connectivity index (χ3n) is 4.02. The minimum absolute atomic E-state index is 0.00606. The molecule has 2 aromatic carbocycles. The second kappa shape index (κ2) is 7.90. The first-order valence-electron chi connectivity index (χ1n) is 7.88. The largest absolute Gasteiger partial charge is 0.396 e. The summed E-state index contributed by atoms with van der Waals surface area (Å²) in [6.45, 7) is 1.93. The minimum atomic E-state index is -1.76. The van der Waals surface area contributed by atoms with E-state index < -0.39 is 11.5 Å². The Morgan fingerprint density at radius 1 is 1.04 bits per heavy atom. The van der Waals surface area contributed by atoms with E-state index in [4.69, 9.17) is 5.11 Å². The second-order valence-corrected chi connectivity index (χ2v) is 5.53. The molecule has 0 aliphatic heterocycles. The molecule has 4 nitrogen and oxygen atoms in total. The maximum atomic E-state index is 12.9. The Morgan fingerprint density at radius 2 is 1.52 bits per heavy atom. The van der Waals surface area contributed by atoms with Gasteiger partial charge in [0.2, 0.25) is 0 Å². The highest BCUT2D eigenvalue weighted by molar-refractivity contribution is 5.90. The van der Waals surface area contributed by atoms with Gasteiger partial charge < -0.3 is 15.5 Å². The van der Waals surface area contributed by atoms with Gasteiger partial charge >= 0.3 is 0 Å². The minimum Gasteiger partial charge on any atom is -0.396 e. The number of carbonyl (C=O) groups is 1. The maximum Gasteiger partial charge on any atom is 0.261 e. The number of amides is 1. The van der Waals surface area contributed by atoms with Gasteiger partial charge in [0.25, 0.3) is 5.91 Å². The highest BCUT2D eigenvalue weighted by Gasteiger charge is 2.40. The molecule has 0 saturated carbocycles. The Morgan fingerprint density at radius 3 is 1.91 bits per heavy atom. The van der Waals surface area contributed by atoms with E-state index in [2.05, 4.69) is 5.32 Å². The van der Waals surface area contributed by atoms with E-state index in [-0.39, 0.29) is 12.6 Å². The Hall–Kier alpha value is -2.17. The summed E-state index contributed by atoms with van der Waals surface area (Å²) in [4.78, 5) is 12.9. The molecule has 0 aromatic heterocycles. The van der Waals surface area contributed by atoms with Crippen molar-refractivity contribution in [3.63, 3.8) is 0 Å². The summed E-state index contributed by atoms with van der Waals surface area (Å²) < 4.78 is 0. The first kappa shape index (κ1) is 17.2. The summed E-state index contributed by atoms with van der Waals surface area (Å²) in [5, 5.41) is 23.2. The number of rotatable bonds is 7. The molecule has 0 aliphatic rings. The van der Waals surface area contributed by atoms with Crippen LogP contribution in [0.2, 0.25) is 0 Å². The van der Waals surface area contributed by atoms with Gasteiger partial charge in [-0.3, -0.25) is 4.79 Å². The van der Waals surface area contributed by atoms with Gasteiger partial charge in [0, 0.05) is 12.6 Å². The highest BCUT2D eigenvalue weighted by Crippen LogP contribution is 2.30. The van der Waals surface area contributed by atoms with Crippen LogP contribution < -0.4 is 5.32 Å². The van der Waals surface area contributed by atoms with Crippen molar-refractivity contribution in [2.45, 2.75) is 31.4 Å². The quantitative estimate of drug-likeness (QED) is 0.734. The summed E-state index contributed by atoms with van der Waals surface area (Å²) in [6, 6.07) is 17.6. The highest BCUT2D eigenvalue weighted by atomic mass is 16.3. The van der Waals surface area contributed by atoms with Crippen LogP contribution in [0.15, 0.2) is 60.7 Å². The van der Waals surface area contributed by atoms with Gasteiger partial charge in [-0.15, -0.1) is 0 Å². The summed E-state index contributed by atoms with van der Waals surface area (Å²) >= 11 is 0. The average molecular weight is 313 g/mol. The van der Waals surface area contributed by atoms with Crippen molar-refractivity contribution in [2.75, 3.05) is 6.61 Å². The Kier molecular flexibility index (Phi) is 5.90. The van der Waals surface area contributed by atoms with Gasteiger partial charge in [-0.1, -0.05) is 67.6 Å². The smallest absolute Gasteiger partial charge is 0.261 e. The number of aliphatic hydroxyl groups excluding tert-OH is 1. The van der Waals surface area contributed by atoms with Crippen molar-refractivity contribution in [1.29, 1.82) is 0 Å². The van der Waals surface area contributed by atoms with Crippen molar-refractivity contribution in [1.82, 2.24) is 5.32 Å². The van der Waals surface area contributed by atoms with Gasteiger partial charge in [-0.2, -0.15) is 0 Å². The topological polar surface area (TPSA) is 69.6 Å². The molecule has 0 saturated heterocycles. The van der Waals surface area contributed by atoms with E-state index in [1.165, 1.54) is 0 Å². The molecule has 0 bridgehead atoms. The second-order valence-electron chi connectivity index (χ2n) is 5.53. The lowest BCUT2D eigenvalue weighted by molar-refractivity contribution is -0.137. The number of carbonyl (C=O) groups excluding carboxylic acids is 1. The van der Waals surface area contributed by atoms with Crippen LogP contribution in [0.1, 0.15) is 30.9 Å². The van der Waals surface area contributed by atoms with Crippen LogP contribution in [0.4, 0.5) is 0 Å². The molecule has 2 rings (SSSR count). The lowest BCUT2D eigenvalue weighted by Crippen LogP contribution is -2.49. The van der Waals surface area contributed by atoms with Crippen LogP contribution in [0.3, 0.4) is 0 Å². The fourth-order valence-electron chi connectivity index (χ4n) is 2.61. The van der Waals surface area contributed by atoms with Gasteiger partial charge in [0.05, 0.1) is 0 Å². The lowest BCUT2D eigenvalue weighted by atomic mass is 9.85. The Bertz CT molecular complexity index is 574. The van der Waals surface area contributed by atoms with E-state index in [9.17, 15) is 9.90 Å². The van der Waals surface area contributed by atoms with Crippen LogP contribution in [-0.2, 0) is 10.4 Å². The van der Waals surface area contributed by atoms with Crippen LogP contribution in [0.5, 0.6) is 0 Å². The summed E-state index contributed by atoms with van der Waals surface area (Å²) in [6.07, 6.45) is 1.15. The summed E-state index contributed by atoms with van der Waals surface area (Å²) in [5.74, 6) is -0.477. The fraction of sp³-hybridized carbons (Fsp3) is 0.316. The maximum absolute atomic E-state index is 12.9. The summed E-state index contributed by atoms with van der Waals surface area (Å²) in [5.41, 5.74) is -0.726. The zero-order chi connectivity index (χ0) is 16.7. The summed E-state index contributed by atoms with van der Waals surface area (Å²) in [7, 11) is 0. The van der Waals surface area contributed by atoms with Gasteiger partial charge in [-0.05, 0) is 24.0 Å². The van der Waals surface area contributed by atoms with Gasteiger partial charge in [0.1, 0.15) is 0 Å². The molecule has 122 valence electrons. The SMILES string of the molecule is CCC(CCO)NC(=O)C(O)(c1ccccc1)c1ccccc1. The van der Waals surface area contributed by atoms with Crippen molar-refractivity contribution in [2.24, 2.45) is 0 Å². The molecule has 1 atom stereocenters. The monoisotopic (exact) mass is 313 g/mol. The predicted molar refractivity (Wildman–Crippen MR) is 89.8 cm³/mol. The first-order valence-corrected chi connectivity index (χ1v) is 7.88. The molecule has 0 fully saturated rings. The van der Waals surface area contributed by atoms with Crippen molar-refractivity contribution in [3.8, 4) is 0 Å². The molecule has 0 spiro atoms. The molecule has 0 heterocycles. The van der Waals surface area contributed by atoms with Gasteiger partial charge in [-0.25, -0.2) is 0 Å². The average Bonchev–Trinajstić information content (AvgIpc) is 2.62. The fourth-order valence-corrected chi connectivity index (χ4v) is 2.61. The molecule has 0 aliphatic carbocycles. The van der Waals surface area contributed by atoms with E-state index in [0.29, 0.717) is 24.0 Å². The van der Waals surface area contributed by atoms with Crippen LogP contribution in [0.25, 0.3) is 0 Å². The number of nitrogens with one attached hydrogen (secondary N) is 1. The molecular formula is C19H23NO3. The van der Waals surface area contributed by atoms with Crippen molar-refractivity contribution < 1.29 is 15.0 Å². The number of hydrogen-bond donors (Lipinski definition) is 3. The molecule has 23 heavy (non-hydrogen) atoms. The Balaban J connectivity index is 2.40. The van der Waals surface area contributed by atoms with E-state index >= 15 is 0 Å². The van der Waals surface area contributed by atoms with E-state index in [1.807, 2.05) is 19.1 Å². The van der Waals surface area contributed by atoms with Crippen LogP contribution in [0, 0.1) is 0 Å². The molecule has 4 heteroatoms. The van der Waals surface area contributed by atoms with E-state index in [1.54, 1.807) is 48.5 Å². The van der Waals surface area contributed by atoms with Gasteiger partial charge in [0.15, 0.2) is 5.60 Å². The molecule has 2 aromatic rings.